The van der Waals surface area contributed by atoms with E-state index in [0.717, 1.165) is 12.8 Å². The highest BCUT2D eigenvalue weighted by Gasteiger charge is 2.47. The van der Waals surface area contributed by atoms with Crippen molar-refractivity contribution in [3.05, 3.63) is 53.2 Å². The van der Waals surface area contributed by atoms with E-state index in [1.807, 2.05) is 25.2 Å². The number of carbonyl (C=O) groups excluding carboxylic acids is 2. The van der Waals surface area contributed by atoms with Crippen LogP contribution in [-0.2, 0) is 22.2 Å². The van der Waals surface area contributed by atoms with Crippen LogP contribution in [-0.4, -0.2) is 44.2 Å². The topological polar surface area (TPSA) is 81.2 Å². The summed E-state index contributed by atoms with van der Waals surface area (Å²) in [5.41, 5.74) is -0.339. The van der Waals surface area contributed by atoms with E-state index >= 15 is 0 Å². The Balaban J connectivity index is 1.56. The molecule has 1 saturated carbocycles. The molecule has 0 N–H and O–H groups in total. The SMILES string of the molecule is CN(C(=O)CSc1nnc(-c2ccco2)n1C)[C@@]1(c2ccccc2Cl)CCCCC1=O. The van der Waals surface area contributed by atoms with Crippen molar-refractivity contribution in [2.75, 3.05) is 12.8 Å². The molecule has 0 spiro atoms. The molecule has 1 amide bonds. The maximum absolute atomic E-state index is 13.2. The number of likely N-dealkylation sites (N-methyl/N-ethyl adjacent to an activating group) is 1. The number of amides is 1. The average Bonchev–Trinajstić information content (AvgIpc) is 3.42. The van der Waals surface area contributed by atoms with Gasteiger partial charge in [-0.05, 0) is 37.5 Å². The van der Waals surface area contributed by atoms with Crippen LogP contribution in [0.25, 0.3) is 11.6 Å². The van der Waals surface area contributed by atoms with Crippen molar-refractivity contribution in [1.82, 2.24) is 19.7 Å². The van der Waals surface area contributed by atoms with Crippen LogP contribution in [0.4, 0.5) is 0 Å². The second kappa shape index (κ2) is 8.88. The molecule has 0 bridgehead atoms. The molecule has 2 heterocycles. The van der Waals surface area contributed by atoms with E-state index in [0.29, 0.717) is 40.2 Å². The van der Waals surface area contributed by atoms with Crippen molar-refractivity contribution in [2.24, 2.45) is 7.05 Å². The van der Waals surface area contributed by atoms with Crippen molar-refractivity contribution in [3.63, 3.8) is 0 Å². The van der Waals surface area contributed by atoms with Gasteiger partial charge in [0.2, 0.25) is 5.91 Å². The van der Waals surface area contributed by atoms with Crippen LogP contribution in [0, 0.1) is 0 Å². The molecule has 7 nitrogen and oxygen atoms in total. The molecule has 3 aromatic rings. The van der Waals surface area contributed by atoms with Crippen LogP contribution < -0.4 is 0 Å². The summed E-state index contributed by atoms with van der Waals surface area (Å²) in [6, 6.07) is 10.9. The first-order valence-electron chi connectivity index (χ1n) is 10.1. The Morgan fingerprint density at radius 1 is 1.26 bits per heavy atom. The molecular weight excluding hydrogens is 436 g/mol. The van der Waals surface area contributed by atoms with Gasteiger partial charge in [0.05, 0.1) is 12.0 Å². The highest BCUT2D eigenvalue weighted by molar-refractivity contribution is 7.99. The summed E-state index contributed by atoms with van der Waals surface area (Å²) >= 11 is 7.76. The molecular formula is C22H23ClN4O3S. The van der Waals surface area contributed by atoms with Gasteiger partial charge in [-0.25, -0.2) is 0 Å². The van der Waals surface area contributed by atoms with Crippen LogP contribution >= 0.6 is 23.4 Å². The van der Waals surface area contributed by atoms with E-state index < -0.39 is 5.54 Å². The fraction of sp³-hybridized carbons (Fsp3) is 0.364. The van der Waals surface area contributed by atoms with Gasteiger partial charge >= 0.3 is 0 Å². The summed E-state index contributed by atoms with van der Waals surface area (Å²) in [7, 11) is 3.52. The third kappa shape index (κ3) is 3.90. The zero-order valence-electron chi connectivity index (χ0n) is 17.4. The van der Waals surface area contributed by atoms with Crippen molar-refractivity contribution in [2.45, 2.75) is 36.4 Å². The Bertz CT molecular complexity index is 1100. The molecule has 0 aliphatic heterocycles. The number of furan rings is 1. The van der Waals surface area contributed by atoms with Crippen molar-refractivity contribution >= 4 is 35.1 Å². The van der Waals surface area contributed by atoms with E-state index in [9.17, 15) is 9.59 Å². The molecule has 4 rings (SSSR count). The minimum Gasteiger partial charge on any atom is -0.461 e. The predicted molar refractivity (Wildman–Crippen MR) is 119 cm³/mol. The van der Waals surface area contributed by atoms with Gasteiger partial charge in [-0.1, -0.05) is 41.6 Å². The number of hydrogen-bond acceptors (Lipinski definition) is 6. The Morgan fingerprint density at radius 2 is 2.06 bits per heavy atom. The van der Waals surface area contributed by atoms with E-state index in [1.54, 1.807) is 41.0 Å². The fourth-order valence-electron chi connectivity index (χ4n) is 4.13. The van der Waals surface area contributed by atoms with E-state index in [-0.39, 0.29) is 17.4 Å². The summed E-state index contributed by atoms with van der Waals surface area (Å²) in [4.78, 5) is 28.0. The number of benzene rings is 1. The highest BCUT2D eigenvalue weighted by Crippen LogP contribution is 2.42. The molecule has 1 aromatic carbocycles. The van der Waals surface area contributed by atoms with Gasteiger partial charge < -0.3 is 13.9 Å². The number of halogens is 1. The van der Waals surface area contributed by atoms with Gasteiger partial charge in [0.1, 0.15) is 5.54 Å². The molecule has 1 fully saturated rings. The standard InChI is InChI=1S/C22H23ClN4O3S/c1-26-20(17-10-7-13-30-17)24-25-21(26)31-14-19(29)27(2)22(12-6-5-11-18(22)28)15-8-3-4-9-16(15)23/h3-4,7-10,13H,5-6,11-12,14H2,1-2H3/t22-/m1/s1. The maximum atomic E-state index is 13.2. The molecule has 31 heavy (non-hydrogen) atoms. The first kappa shape index (κ1) is 21.6. The lowest BCUT2D eigenvalue weighted by molar-refractivity contribution is -0.146. The Kier molecular flexibility index (Phi) is 6.20. The van der Waals surface area contributed by atoms with E-state index in [4.69, 9.17) is 16.0 Å². The normalized spacial score (nSPS) is 18.9. The fourth-order valence-corrected chi connectivity index (χ4v) is 5.24. The molecule has 0 unspecified atom stereocenters. The largest absolute Gasteiger partial charge is 0.461 e. The Morgan fingerprint density at radius 3 is 2.77 bits per heavy atom. The van der Waals surface area contributed by atoms with Gasteiger partial charge in [-0.2, -0.15) is 0 Å². The summed E-state index contributed by atoms with van der Waals surface area (Å²) in [6.45, 7) is 0. The number of thioether (sulfide) groups is 1. The van der Waals surface area contributed by atoms with Crippen molar-refractivity contribution in [1.29, 1.82) is 0 Å². The highest BCUT2D eigenvalue weighted by atomic mass is 35.5. The minimum absolute atomic E-state index is 0.0338. The summed E-state index contributed by atoms with van der Waals surface area (Å²) in [6.07, 6.45) is 4.26. The quantitative estimate of drug-likeness (QED) is 0.512. The maximum Gasteiger partial charge on any atom is 0.233 e. The summed E-state index contributed by atoms with van der Waals surface area (Å²) in [5, 5.41) is 9.43. The van der Waals surface area contributed by atoms with Gasteiger partial charge in [0.15, 0.2) is 22.5 Å². The zero-order valence-corrected chi connectivity index (χ0v) is 18.9. The Labute approximate surface area is 189 Å². The average molecular weight is 459 g/mol. The molecule has 1 aliphatic rings. The van der Waals surface area contributed by atoms with Crippen LogP contribution in [0.15, 0.2) is 52.2 Å². The number of hydrogen-bond donors (Lipinski definition) is 0. The van der Waals surface area contributed by atoms with Gasteiger partial charge in [-0.3, -0.25) is 9.59 Å². The second-order valence-electron chi connectivity index (χ2n) is 7.55. The van der Waals surface area contributed by atoms with Crippen LogP contribution in [0.1, 0.15) is 31.2 Å². The first-order valence-corrected chi connectivity index (χ1v) is 11.4. The predicted octanol–water partition coefficient (Wildman–Crippen LogP) is 4.32. The minimum atomic E-state index is -1.03. The number of Topliss-reactive ketones (excluding diaryl/α,β-unsaturated/α-hetero) is 1. The zero-order chi connectivity index (χ0) is 22.0. The van der Waals surface area contributed by atoms with E-state index in [2.05, 4.69) is 10.2 Å². The summed E-state index contributed by atoms with van der Waals surface area (Å²) in [5.74, 6) is 1.19. The number of nitrogens with zero attached hydrogens (tertiary/aromatic N) is 4. The Hall–Kier alpha value is -2.58. The molecule has 0 saturated heterocycles. The number of ketones is 1. The summed E-state index contributed by atoms with van der Waals surface area (Å²) < 4.78 is 7.17. The van der Waals surface area contributed by atoms with Crippen LogP contribution in [0.5, 0.6) is 0 Å². The van der Waals surface area contributed by atoms with Crippen molar-refractivity contribution < 1.29 is 14.0 Å². The number of aromatic nitrogens is 3. The molecule has 9 heteroatoms. The molecule has 0 radical (unpaired) electrons. The van der Waals surface area contributed by atoms with Crippen molar-refractivity contribution in [3.8, 4) is 11.6 Å². The van der Waals surface area contributed by atoms with Gasteiger partial charge in [-0.15, -0.1) is 10.2 Å². The van der Waals surface area contributed by atoms with Crippen LogP contribution in [0.3, 0.4) is 0 Å². The molecule has 1 aliphatic carbocycles. The monoisotopic (exact) mass is 458 g/mol. The lowest BCUT2D eigenvalue weighted by Crippen LogP contribution is -2.54. The van der Waals surface area contributed by atoms with Crippen LogP contribution in [0.2, 0.25) is 5.02 Å². The third-order valence-corrected chi connectivity index (χ3v) is 7.16. The smallest absolute Gasteiger partial charge is 0.233 e. The molecule has 2 aromatic heterocycles. The third-order valence-electron chi connectivity index (χ3n) is 5.82. The lowest BCUT2D eigenvalue weighted by Gasteiger charge is -2.44. The van der Waals surface area contributed by atoms with E-state index in [1.165, 1.54) is 11.8 Å². The lowest BCUT2D eigenvalue weighted by atomic mass is 9.74. The number of carbonyl (C=O) groups is 2. The van der Waals surface area contributed by atoms with Gasteiger partial charge in [0, 0.05) is 31.1 Å². The molecule has 162 valence electrons. The number of rotatable bonds is 6. The first-order chi connectivity index (χ1) is 14.9. The van der Waals surface area contributed by atoms with Gasteiger partial charge in [0.25, 0.3) is 0 Å². The second-order valence-corrected chi connectivity index (χ2v) is 8.90. The molecule has 1 atom stereocenters.